The lowest BCUT2D eigenvalue weighted by atomic mass is 10.3. The third-order valence-electron chi connectivity index (χ3n) is 3.76. The second-order valence-corrected chi connectivity index (χ2v) is 4.99. The van der Waals surface area contributed by atoms with Gasteiger partial charge in [-0.3, -0.25) is 4.79 Å². The number of hydrogen-bond acceptors (Lipinski definition) is 2. The predicted molar refractivity (Wildman–Crippen MR) is 59.0 cm³/mol. The summed E-state index contributed by atoms with van der Waals surface area (Å²) in [4.78, 5) is 14.1. The molecule has 0 amide bonds. The van der Waals surface area contributed by atoms with E-state index in [1.807, 2.05) is 23.8 Å². The first kappa shape index (κ1) is 9.16. The van der Waals surface area contributed by atoms with Crippen LogP contribution >= 0.6 is 0 Å². The average molecular weight is 204 g/mol. The zero-order valence-corrected chi connectivity index (χ0v) is 9.18. The van der Waals surface area contributed by atoms with Gasteiger partial charge in [0.15, 0.2) is 0 Å². The van der Waals surface area contributed by atoms with Crippen LogP contribution in [0, 0.1) is 18.8 Å². The van der Waals surface area contributed by atoms with Crippen LogP contribution in [0.3, 0.4) is 0 Å². The Morgan fingerprint density at radius 1 is 1.33 bits per heavy atom. The van der Waals surface area contributed by atoms with E-state index in [4.69, 9.17) is 0 Å². The summed E-state index contributed by atoms with van der Waals surface area (Å²) in [6.45, 7) is 4.26. The van der Waals surface area contributed by atoms with Gasteiger partial charge in [-0.2, -0.15) is 0 Å². The molecule has 80 valence electrons. The van der Waals surface area contributed by atoms with Crippen LogP contribution in [0.4, 0.5) is 0 Å². The number of piperidine rings is 1. The number of hydrogen-bond donors (Lipinski definition) is 0. The van der Waals surface area contributed by atoms with Crippen LogP contribution in [0.15, 0.2) is 23.1 Å². The topological polar surface area (TPSA) is 25.2 Å². The van der Waals surface area contributed by atoms with Crippen molar-refractivity contribution in [2.75, 3.05) is 20.1 Å². The summed E-state index contributed by atoms with van der Waals surface area (Å²) in [5, 5.41) is 0. The summed E-state index contributed by atoms with van der Waals surface area (Å²) in [6, 6.07) is 4.24. The SMILES string of the molecule is Cc1ccn(C2C3CN(C)CC32)c(=O)c1. The lowest BCUT2D eigenvalue weighted by molar-refractivity contribution is 0.341. The minimum atomic E-state index is 0.164. The molecule has 3 rings (SSSR count). The molecule has 0 aromatic carbocycles. The van der Waals surface area contributed by atoms with E-state index in [-0.39, 0.29) is 5.56 Å². The fraction of sp³-hybridized carbons (Fsp3) is 0.583. The minimum absolute atomic E-state index is 0.164. The molecule has 1 saturated heterocycles. The van der Waals surface area contributed by atoms with Gasteiger partial charge in [0, 0.05) is 31.4 Å². The second kappa shape index (κ2) is 2.95. The zero-order valence-electron chi connectivity index (χ0n) is 9.18. The monoisotopic (exact) mass is 204 g/mol. The van der Waals surface area contributed by atoms with Crippen molar-refractivity contribution in [2.45, 2.75) is 13.0 Å². The molecule has 2 aliphatic rings. The number of aryl methyl sites for hydroxylation is 1. The van der Waals surface area contributed by atoms with Crippen molar-refractivity contribution in [2.24, 2.45) is 11.8 Å². The molecule has 1 aliphatic carbocycles. The summed E-state index contributed by atoms with van der Waals surface area (Å²) < 4.78 is 1.93. The molecule has 2 atom stereocenters. The van der Waals surface area contributed by atoms with Gasteiger partial charge in [-0.15, -0.1) is 0 Å². The first-order valence-electron chi connectivity index (χ1n) is 5.54. The highest BCUT2D eigenvalue weighted by atomic mass is 16.1. The quantitative estimate of drug-likeness (QED) is 0.679. The molecule has 0 radical (unpaired) electrons. The number of rotatable bonds is 1. The third-order valence-corrected chi connectivity index (χ3v) is 3.76. The van der Waals surface area contributed by atoms with Crippen LogP contribution in [0.1, 0.15) is 11.6 Å². The van der Waals surface area contributed by atoms with E-state index >= 15 is 0 Å². The van der Waals surface area contributed by atoms with Crippen molar-refractivity contribution < 1.29 is 0 Å². The van der Waals surface area contributed by atoms with E-state index in [0.29, 0.717) is 6.04 Å². The van der Waals surface area contributed by atoms with Gasteiger partial charge in [-0.1, -0.05) is 0 Å². The predicted octanol–water partition coefficient (Wildman–Crippen LogP) is 0.889. The standard InChI is InChI=1S/C12H16N2O/c1-8-3-4-14(11(15)5-8)12-9-6-13(2)7-10(9)12/h3-5,9-10,12H,6-7H2,1-2H3. The molecule has 1 saturated carbocycles. The van der Waals surface area contributed by atoms with E-state index < -0.39 is 0 Å². The Balaban J connectivity index is 1.88. The van der Waals surface area contributed by atoms with E-state index in [2.05, 4.69) is 11.9 Å². The molecule has 1 aliphatic heterocycles. The summed E-state index contributed by atoms with van der Waals surface area (Å²) in [6.07, 6.45) is 1.96. The highest BCUT2D eigenvalue weighted by molar-refractivity contribution is 5.14. The van der Waals surface area contributed by atoms with Crippen LogP contribution in [0.2, 0.25) is 0 Å². The van der Waals surface area contributed by atoms with Crippen LogP contribution in [-0.4, -0.2) is 29.6 Å². The molecule has 0 N–H and O–H groups in total. The summed E-state index contributed by atoms with van der Waals surface area (Å²) in [5.74, 6) is 1.44. The van der Waals surface area contributed by atoms with Crippen LogP contribution in [0.25, 0.3) is 0 Å². The Labute approximate surface area is 89.3 Å². The lowest BCUT2D eigenvalue weighted by Crippen LogP contribution is -2.25. The number of nitrogens with zero attached hydrogens (tertiary/aromatic N) is 2. The molecule has 3 heteroatoms. The first-order valence-corrected chi connectivity index (χ1v) is 5.54. The molecule has 2 unspecified atom stereocenters. The smallest absolute Gasteiger partial charge is 0.251 e. The maximum Gasteiger partial charge on any atom is 0.251 e. The molecule has 15 heavy (non-hydrogen) atoms. The van der Waals surface area contributed by atoms with Crippen molar-refractivity contribution in [3.8, 4) is 0 Å². The molecule has 0 bridgehead atoms. The largest absolute Gasteiger partial charge is 0.312 e. The molecule has 2 heterocycles. The number of pyridine rings is 1. The molecular formula is C12H16N2O. The van der Waals surface area contributed by atoms with Gasteiger partial charge in [0.05, 0.1) is 0 Å². The van der Waals surface area contributed by atoms with Gasteiger partial charge in [0.25, 0.3) is 5.56 Å². The van der Waals surface area contributed by atoms with E-state index in [9.17, 15) is 4.79 Å². The fourth-order valence-corrected chi connectivity index (χ4v) is 2.95. The van der Waals surface area contributed by atoms with Gasteiger partial charge in [0.1, 0.15) is 0 Å². The fourth-order valence-electron chi connectivity index (χ4n) is 2.95. The normalized spacial score (nSPS) is 34.1. The van der Waals surface area contributed by atoms with Gasteiger partial charge < -0.3 is 9.47 Å². The molecule has 1 aromatic rings. The van der Waals surface area contributed by atoms with Gasteiger partial charge in [0.2, 0.25) is 0 Å². The Morgan fingerprint density at radius 3 is 2.60 bits per heavy atom. The highest BCUT2D eigenvalue weighted by Gasteiger charge is 2.56. The van der Waals surface area contributed by atoms with Crippen molar-refractivity contribution in [3.63, 3.8) is 0 Å². The number of aromatic nitrogens is 1. The van der Waals surface area contributed by atoms with Crippen molar-refractivity contribution in [3.05, 3.63) is 34.2 Å². The van der Waals surface area contributed by atoms with Gasteiger partial charge in [-0.05, 0) is 37.4 Å². The summed E-state index contributed by atoms with van der Waals surface area (Å²) in [5.41, 5.74) is 1.22. The summed E-state index contributed by atoms with van der Waals surface area (Å²) in [7, 11) is 2.15. The summed E-state index contributed by atoms with van der Waals surface area (Å²) >= 11 is 0. The minimum Gasteiger partial charge on any atom is -0.312 e. The number of likely N-dealkylation sites (tertiary alicyclic amines) is 1. The van der Waals surface area contributed by atoms with E-state index in [1.165, 1.54) is 0 Å². The second-order valence-electron chi connectivity index (χ2n) is 4.99. The molecule has 3 nitrogen and oxygen atoms in total. The molecule has 2 fully saturated rings. The van der Waals surface area contributed by atoms with Crippen molar-refractivity contribution >= 4 is 0 Å². The first-order chi connectivity index (χ1) is 7.16. The Hall–Kier alpha value is -1.09. The molecular weight excluding hydrogens is 188 g/mol. The third kappa shape index (κ3) is 1.34. The highest BCUT2D eigenvalue weighted by Crippen LogP contribution is 2.54. The number of fused-ring (bicyclic) bond motifs is 1. The zero-order chi connectivity index (χ0) is 10.6. The Bertz CT molecular complexity index is 439. The van der Waals surface area contributed by atoms with E-state index in [0.717, 1.165) is 30.5 Å². The Morgan fingerprint density at radius 2 is 2.00 bits per heavy atom. The maximum absolute atomic E-state index is 11.8. The van der Waals surface area contributed by atoms with Crippen LogP contribution < -0.4 is 5.56 Å². The van der Waals surface area contributed by atoms with Crippen molar-refractivity contribution in [1.29, 1.82) is 0 Å². The molecule has 1 aromatic heterocycles. The Kier molecular flexibility index (Phi) is 1.80. The molecule has 0 spiro atoms. The van der Waals surface area contributed by atoms with Gasteiger partial charge >= 0.3 is 0 Å². The average Bonchev–Trinajstić information content (AvgIpc) is 2.67. The maximum atomic E-state index is 11.8. The van der Waals surface area contributed by atoms with Gasteiger partial charge in [-0.25, -0.2) is 0 Å². The van der Waals surface area contributed by atoms with Crippen LogP contribution in [-0.2, 0) is 0 Å². The lowest BCUT2D eigenvalue weighted by Gasteiger charge is -2.14. The van der Waals surface area contributed by atoms with Crippen LogP contribution in [0.5, 0.6) is 0 Å². The van der Waals surface area contributed by atoms with E-state index in [1.54, 1.807) is 6.07 Å². The van der Waals surface area contributed by atoms with Crippen molar-refractivity contribution in [1.82, 2.24) is 9.47 Å².